The molecule has 3 rings (SSSR count). The molecule has 0 aliphatic heterocycles. The average Bonchev–Trinajstić information content (AvgIpc) is 3.06. The fourth-order valence-corrected chi connectivity index (χ4v) is 3.79. The van der Waals surface area contributed by atoms with Gasteiger partial charge in [0, 0.05) is 23.9 Å². The Hall–Kier alpha value is -2.72. The maximum atomic E-state index is 14.1. The van der Waals surface area contributed by atoms with Crippen LogP contribution in [0.4, 0.5) is 17.6 Å². The number of nitrogens with zero attached hydrogens (tertiary/aromatic N) is 3. The molecule has 0 spiro atoms. The Morgan fingerprint density at radius 1 is 0.968 bits per heavy atom. The highest BCUT2D eigenvalue weighted by molar-refractivity contribution is 7.90. The number of hydrogen-bond donors (Lipinski definition) is 0. The summed E-state index contributed by atoms with van der Waals surface area (Å²) in [6.07, 6.45) is -3.67. The third-order valence-electron chi connectivity index (χ3n) is 4.67. The van der Waals surface area contributed by atoms with Crippen molar-refractivity contribution in [2.45, 2.75) is 17.6 Å². The van der Waals surface area contributed by atoms with Crippen LogP contribution in [0.2, 0.25) is 0 Å². The van der Waals surface area contributed by atoms with Crippen molar-refractivity contribution in [1.82, 2.24) is 14.7 Å². The normalized spacial score (nSPS) is 12.5. The predicted octanol–water partition coefficient (Wildman–Crippen LogP) is 4.34. The molecule has 0 aliphatic rings. The molecule has 5 nitrogen and oxygen atoms in total. The summed E-state index contributed by atoms with van der Waals surface area (Å²) in [4.78, 5) is 1.78. The minimum absolute atomic E-state index is 0.0164. The van der Waals surface area contributed by atoms with E-state index in [9.17, 15) is 26.0 Å². The molecule has 0 aliphatic carbocycles. The largest absolute Gasteiger partial charge is 0.433 e. The van der Waals surface area contributed by atoms with Gasteiger partial charge in [0.15, 0.2) is 15.5 Å². The number of benzene rings is 2. The smallest absolute Gasteiger partial charge is 0.308 e. The second-order valence-electron chi connectivity index (χ2n) is 7.40. The lowest BCUT2D eigenvalue weighted by Gasteiger charge is -2.15. The highest BCUT2D eigenvalue weighted by Crippen LogP contribution is 2.42. The van der Waals surface area contributed by atoms with Crippen molar-refractivity contribution >= 4 is 9.84 Å². The fraction of sp³-hybridized carbons (Fsp3) is 0.286. The van der Waals surface area contributed by atoms with Gasteiger partial charge in [-0.2, -0.15) is 18.3 Å². The number of hydrogen-bond acceptors (Lipinski definition) is 4. The van der Waals surface area contributed by atoms with Gasteiger partial charge in [-0.25, -0.2) is 12.8 Å². The van der Waals surface area contributed by atoms with Crippen LogP contribution < -0.4 is 0 Å². The summed E-state index contributed by atoms with van der Waals surface area (Å²) >= 11 is 0. The summed E-state index contributed by atoms with van der Waals surface area (Å²) in [6.45, 7) is 0.303. The molecule has 0 saturated heterocycles. The zero-order valence-corrected chi connectivity index (χ0v) is 17.9. The molecule has 1 heterocycles. The maximum absolute atomic E-state index is 14.1. The second-order valence-corrected chi connectivity index (χ2v) is 9.42. The molecule has 3 aromatic rings. The van der Waals surface area contributed by atoms with E-state index in [1.165, 1.54) is 36.4 Å². The Kier molecular flexibility index (Phi) is 6.24. The molecule has 0 radical (unpaired) electrons. The van der Waals surface area contributed by atoms with Gasteiger partial charge < -0.3 is 4.90 Å². The van der Waals surface area contributed by atoms with Crippen LogP contribution in [0.25, 0.3) is 22.4 Å². The standard InChI is InChI=1S/C21H21F4N3O2S/c1-27(2)12-13-28-20(21(23,24)25)18(14-4-8-16(22)9-5-14)19(26-28)15-6-10-17(11-7-15)31(3,29)30/h4-11H,12-13H2,1-3H3. The van der Waals surface area contributed by atoms with Crippen LogP contribution in [-0.2, 0) is 22.6 Å². The molecule has 0 bridgehead atoms. The van der Waals surface area contributed by atoms with Crippen LogP contribution in [0.5, 0.6) is 0 Å². The van der Waals surface area contributed by atoms with Gasteiger partial charge in [-0.05, 0) is 43.9 Å². The highest BCUT2D eigenvalue weighted by atomic mass is 32.2. The first kappa shape index (κ1) is 23.0. The molecule has 0 amide bonds. The quantitative estimate of drug-likeness (QED) is 0.519. The van der Waals surface area contributed by atoms with Gasteiger partial charge in [-0.15, -0.1) is 0 Å². The van der Waals surface area contributed by atoms with Gasteiger partial charge in [0.05, 0.1) is 11.4 Å². The van der Waals surface area contributed by atoms with E-state index in [2.05, 4.69) is 5.10 Å². The first-order valence-electron chi connectivity index (χ1n) is 9.27. The zero-order valence-electron chi connectivity index (χ0n) is 17.1. The van der Waals surface area contributed by atoms with E-state index in [0.29, 0.717) is 12.1 Å². The summed E-state index contributed by atoms with van der Waals surface area (Å²) in [7, 11) is 0.0112. The van der Waals surface area contributed by atoms with Gasteiger partial charge in [0.1, 0.15) is 11.5 Å². The minimum atomic E-state index is -4.71. The predicted molar refractivity (Wildman–Crippen MR) is 110 cm³/mol. The van der Waals surface area contributed by atoms with E-state index in [-0.39, 0.29) is 28.3 Å². The van der Waals surface area contributed by atoms with E-state index in [0.717, 1.165) is 23.1 Å². The minimum Gasteiger partial charge on any atom is -0.308 e. The average molecular weight is 455 g/mol. The maximum Gasteiger partial charge on any atom is 0.433 e. The Bertz CT molecular complexity index is 1170. The SMILES string of the molecule is CN(C)CCn1nc(-c2ccc(S(C)(=O)=O)cc2)c(-c2ccc(F)cc2)c1C(F)(F)F. The lowest BCUT2D eigenvalue weighted by molar-refractivity contribution is -0.143. The van der Waals surface area contributed by atoms with Crippen LogP contribution >= 0.6 is 0 Å². The summed E-state index contributed by atoms with van der Waals surface area (Å²) in [5.41, 5.74) is -0.605. The number of aromatic nitrogens is 2. The Balaban J connectivity index is 2.27. The number of halogens is 4. The Morgan fingerprint density at radius 2 is 1.52 bits per heavy atom. The molecular formula is C21H21F4N3O2S. The molecule has 0 fully saturated rings. The van der Waals surface area contributed by atoms with Crippen molar-refractivity contribution in [3.63, 3.8) is 0 Å². The summed E-state index contributed by atoms with van der Waals surface area (Å²) in [6, 6.07) is 10.2. The number of rotatable bonds is 6. The van der Waals surface area contributed by atoms with Crippen LogP contribution in [0.1, 0.15) is 5.69 Å². The lowest BCUT2D eigenvalue weighted by atomic mass is 9.98. The van der Waals surface area contributed by atoms with Crippen LogP contribution in [0.3, 0.4) is 0 Å². The van der Waals surface area contributed by atoms with Crippen LogP contribution in [0.15, 0.2) is 53.4 Å². The molecule has 0 saturated carbocycles. The molecule has 0 atom stereocenters. The molecule has 166 valence electrons. The zero-order chi connectivity index (χ0) is 23.0. The summed E-state index contributed by atoms with van der Waals surface area (Å²) in [5.74, 6) is -0.573. The fourth-order valence-electron chi connectivity index (χ4n) is 3.16. The van der Waals surface area contributed by atoms with E-state index in [1.807, 2.05) is 0 Å². The summed E-state index contributed by atoms with van der Waals surface area (Å²) < 4.78 is 80.1. The third-order valence-corrected chi connectivity index (χ3v) is 5.80. The second kappa shape index (κ2) is 8.43. The van der Waals surface area contributed by atoms with E-state index < -0.39 is 27.5 Å². The molecule has 10 heteroatoms. The van der Waals surface area contributed by atoms with E-state index >= 15 is 0 Å². The van der Waals surface area contributed by atoms with Crippen molar-refractivity contribution < 1.29 is 26.0 Å². The number of alkyl halides is 3. The monoisotopic (exact) mass is 455 g/mol. The van der Waals surface area contributed by atoms with Crippen molar-refractivity contribution in [3.8, 4) is 22.4 Å². The van der Waals surface area contributed by atoms with Crippen molar-refractivity contribution in [3.05, 3.63) is 60.0 Å². The van der Waals surface area contributed by atoms with Gasteiger partial charge in [-0.1, -0.05) is 24.3 Å². The van der Waals surface area contributed by atoms with E-state index in [4.69, 9.17) is 0 Å². The van der Waals surface area contributed by atoms with Crippen molar-refractivity contribution in [2.75, 3.05) is 26.9 Å². The van der Waals surface area contributed by atoms with Crippen LogP contribution in [0, 0.1) is 5.82 Å². The number of likely N-dealkylation sites (N-methyl/N-ethyl adjacent to an activating group) is 1. The first-order chi connectivity index (χ1) is 14.4. The molecular weight excluding hydrogens is 434 g/mol. The molecule has 0 N–H and O–H groups in total. The van der Waals surface area contributed by atoms with Crippen molar-refractivity contribution in [2.24, 2.45) is 0 Å². The molecule has 0 unspecified atom stereocenters. The van der Waals surface area contributed by atoms with E-state index in [1.54, 1.807) is 19.0 Å². The van der Waals surface area contributed by atoms with Gasteiger partial charge in [-0.3, -0.25) is 4.68 Å². The number of sulfone groups is 1. The van der Waals surface area contributed by atoms with Gasteiger partial charge in [0.25, 0.3) is 0 Å². The highest BCUT2D eigenvalue weighted by Gasteiger charge is 2.40. The first-order valence-corrected chi connectivity index (χ1v) is 11.2. The lowest BCUT2D eigenvalue weighted by Crippen LogP contribution is -2.23. The summed E-state index contributed by atoms with van der Waals surface area (Å²) in [5, 5.41) is 4.24. The Labute approximate surface area is 177 Å². The third kappa shape index (κ3) is 5.13. The topological polar surface area (TPSA) is 55.2 Å². The van der Waals surface area contributed by atoms with Crippen LogP contribution in [-0.4, -0.2) is 50.0 Å². The molecule has 1 aromatic heterocycles. The molecule has 2 aromatic carbocycles. The Morgan fingerprint density at radius 3 is 2.00 bits per heavy atom. The molecule has 31 heavy (non-hydrogen) atoms. The van der Waals surface area contributed by atoms with Gasteiger partial charge >= 0.3 is 6.18 Å². The van der Waals surface area contributed by atoms with Gasteiger partial charge in [0.2, 0.25) is 0 Å². The van der Waals surface area contributed by atoms with Crippen molar-refractivity contribution in [1.29, 1.82) is 0 Å².